The molecule has 0 spiro atoms. The van der Waals surface area contributed by atoms with Crippen LogP contribution in [-0.4, -0.2) is 4.98 Å². The third kappa shape index (κ3) is 2.41. The van der Waals surface area contributed by atoms with Crippen LogP contribution in [0.15, 0.2) is 59.3 Å². The third-order valence-corrected chi connectivity index (χ3v) is 2.88. The van der Waals surface area contributed by atoms with E-state index in [-0.39, 0.29) is 0 Å². The van der Waals surface area contributed by atoms with Crippen molar-refractivity contribution in [3.05, 3.63) is 66.2 Å². The molecule has 0 amide bonds. The van der Waals surface area contributed by atoms with Crippen LogP contribution in [0.5, 0.6) is 0 Å². The first-order valence-electron chi connectivity index (χ1n) is 5.98. The van der Waals surface area contributed by atoms with Crippen molar-refractivity contribution in [1.82, 2.24) is 10.3 Å². The number of nitrogens with one attached hydrogen (secondary N) is 1. The van der Waals surface area contributed by atoms with Crippen molar-refractivity contribution in [2.75, 3.05) is 0 Å². The van der Waals surface area contributed by atoms with E-state index in [0.29, 0.717) is 0 Å². The summed E-state index contributed by atoms with van der Waals surface area (Å²) in [7, 11) is 0. The number of pyridine rings is 1. The molecule has 3 aromatic rings. The van der Waals surface area contributed by atoms with Crippen molar-refractivity contribution in [3.8, 4) is 0 Å². The summed E-state index contributed by atoms with van der Waals surface area (Å²) >= 11 is 0. The molecule has 1 N–H and O–H groups in total. The fraction of sp³-hybridized carbons (Fsp3) is 0.133. The highest BCUT2D eigenvalue weighted by molar-refractivity contribution is 5.78. The van der Waals surface area contributed by atoms with Crippen molar-refractivity contribution in [2.24, 2.45) is 0 Å². The molecule has 0 unspecified atom stereocenters. The zero-order valence-corrected chi connectivity index (χ0v) is 9.97. The van der Waals surface area contributed by atoms with Crippen LogP contribution in [0.3, 0.4) is 0 Å². The Labute approximate surface area is 105 Å². The van der Waals surface area contributed by atoms with E-state index in [1.807, 2.05) is 24.4 Å². The molecule has 3 heteroatoms. The molecule has 90 valence electrons. The van der Waals surface area contributed by atoms with Crippen LogP contribution in [0, 0.1) is 0 Å². The minimum absolute atomic E-state index is 0.748. The smallest absolute Gasteiger partial charge is 0.117 e. The van der Waals surface area contributed by atoms with Crippen LogP contribution in [0.4, 0.5) is 0 Å². The van der Waals surface area contributed by atoms with Crippen molar-refractivity contribution >= 4 is 10.9 Å². The zero-order chi connectivity index (χ0) is 12.2. The molecule has 0 radical (unpaired) electrons. The first-order chi connectivity index (χ1) is 8.92. The molecule has 3 rings (SSSR count). The lowest BCUT2D eigenvalue weighted by Crippen LogP contribution is -2.11. The van der Waals surface area contributed by atoms with E-state index < -0.39 is 0 Å². The summed E-state index contributed by atoms with van der Waals surface area (Å²) in [6, 6.07) is 14.2. The minimum atomic E-state index is 0.748. The monoisotopic (exact) mass is 238 g/mol. The molecular weight excluding hydrogens is 224 g/mol. The topological polar surface area (TPSA) is 38.1 Å². The highest BCUT2D eigenvalue weighted by atomic mass is 16.3. The number of nitrogens with zero attached hydrogens (tertiary/aromatic N) is 1. The van der Waals surface area contributed by atoms with Gasteiger partial charge in [-0.3, -0.25) is 4.98 Å². The number of hydrogen-bond donors (Lipinski definition) is 1. The Morgan fingerprint density at radius 1 is 1.06 bits per heavy atom. The van der Waals surface area contributed by atoms with Gasteiger partial charge in [-0.25, -0.2) is 0 Å². The second-order valence-electron chi connectivity index (χ2n) is 4.21. The van der Waals surface area contributed by atoms with Gasteiger partial charge in [0.05, 0.1) is 18.3 Å². The van der Waals surface area contributed by atoms with Crippen LogP contribution >= 0.6 is 0 Å². The number of aromatic nitrogens is 1. The Balaban J connectivity index is 1.67. The zero-order valence-electron chi connectivity index (χ0n) is 9.97. The molecule has 0 aliphatic carbocycles. The molecule has 2 heterocycles. The van der Waals surface area contributed by atoms with Gasteiger partial charge < -0.3 is 9.73 Å². The van der Waals surface area contributed by atoms with Gasteiger partial charge in [0.25, 0.3) is 0 Å². The van der Waals surface area contributed by atoms with E-state index >= 15 is 0 Å². The summed E-state index contributed by atoms with van der Waals surface area (Å²) in [5.41, 5.74) is 2.29. The highest BCUT2D eigenvalue weighted by Gasteiger charge is 1.98. The summed E-state index contributed by atoms with van der Waals surface area (Å²) in [4.78, 5) is 4.31. The standard InChI is InChI=1S/C15H14N2O/c1-3-13-9-12(5-6-15(13)17-7-1)10-16-11-14-4-2-8-18-14/h1-9,16H,10-11H2. The second kappa shape index (κ2) is 5.02. The van der Waals surface area contributed by atoms with Crippen LogP contribution in [0.2, 0.25) is 0 Å². The third-order valence-electron chi connectivity index (χ3n) is 2.88. The van der Waals surface area contributed by atoms with E-state index in [1.165, 1.54) is 10.9 Å². The maximum atomic E-state index is 5.27. The van der Waals surface area contributed by atoms with Gasteiger partial charge in [0.2, 0.25) is 0 Å². The molecule has 18 heavy (non-hydrogen) atoms. The molecule has 0 saturated carbocycles. The van der Waals surface area contributed by atoms with Crippen LogP contribution < -0.4 is 5.32 Å². The van der Waals surface area contributed by atoms with E-state index in [4.69, 9.17) is 4.42 Å². The SMILES string of the molecule is c1coc(CNCc2ccc3ncccc3c2)c1. The number of rotatable bonds is 4. The predicted octanol–water partition coefficient (Wildman–Crippen LogP) is 3.12. The van der Waals surface area contributed by atoms with Gasteiger partial charge in [-0.2, -0.15) is 0 Å². The van der Waals surface area contributed by atoms with E-state index in [2.05, 4.69) is 34.6 Å². The lowest BCUT2D eigenvalue weighted by molar-refractivity contribution is 0.483. The molecular formula is C15H14N2O. The quantitative estimate of drug-likeness (QED) is 0.759. The maximum Gasteiger partial charge on any atom is 0.117 e. The number of hydrogen-bond acceptors (Lipinski definition) is 3. The number of furan rings is 1. The van der Waals surface area contributed by atoms with Gasteiger partial charge in [0.1, 0.15) is 5.76 Å². The molecule has 0 aliphatic rings. The lowest BCUT2D eigenvalue weighted by atomic mass is 10.1. The van der Waals surface area contributed by atoms with Gasteiger partial charge in [-0.1, -0.05) is 12.1 Å². The summed E-state index contributed by atoms with van der Waals surface area (Å²) in [5.74, 6) is 0.956. The first kappa shape index (κ1) is 11.0. The van der Waals surface area contributed by atoms with Crippen LogP contribution in [0.1, 0.15) is 11.3 Å². The van der Waals surface area contributed by atoms with E-state index in [1.54, 1.807) is 6.26 Å². The van der Waals surface area contributed by atoms with Crippen molar-refractivity contribution in [3.63, 3.8) is 0 Å². The summed E-state index contributed by atoms with van der Waals surface area (Å²) < 4.78 is 5.27. The largest absolute Gasteiger partial charge is 0.468 e. The van der Waals surface area contributed by atoms with Gasteiger partial charge in [0, 0.05) is 18.1 Å². The molecule has 0 atom stereocenters. The Hall–Kier alpha value is -2.13. The maximum absolute atomic E-state index is 5.27. The Kier molecular flexibility index (Phi) is 3.07. The Morgan fingerprint density at radius 3 is 2.94 bits per heavy atom. The summed E-state index contributed by atoms with van der Waals surface area (Å²) in [6.07, 6.45) is 3.51. The molecule has 0 fully saturated rings. The number of fused-ring (bicyclic) bond motifs is 1. The molecule has 1 aromatic carbocycles. The number of benzene rings is 1. The van der Waals surface area contributed by atoms with Crippen molar-refractivity contribution < 1.29 is 4.42 Å². The Morgan fingerprint density at radius 2 is 2.06 bits per heavy atom. The molecule has 2 aromatic heterocycles. The van der Waals surface area contributed by atoms with Crippen LogP contribution in [0.25, 0.3) is 10.9 Å². The van der Waals surface area contributed by atoms with Crippen molar-refractivity contribution in [2.45, 2.75) is 13.1 Å². The predicted molar refractivity (Wildman–Crippen MR) is 71.0 cm³/mol. The minimum Gasteiger partial charge on any atom is -0.468 e. The van der Waals surface area contributed by atoms with Gasteiger partial charge in [-0.15, -0.1) is 0 Å². The van der Waals surface area contributed by atoms with Gasteiger partial charge >= 0.3 is 0 Å². The van der Waals surface area contributed by atoms with Crippen LogP contribution in [-0.2, 0) is 13.1 Å². The first-order valence-corrected chi connectivity index (χ1v) is 5.98. The van der Waals surface area contributed by atoms with Gasteiger partial charge in [0.15, 0.2) is 0 Å². The van der Waals surface area contributed by atoms with E-state index in [0.717, 1.165) is 24.4 Å². The normalized spacial score (nSPS) is 10.9. The summed E-state index contributed by atoms with van der Waals surface area (Å²) in [5, 5.41) is 4.53. The fourth-order valence-corrected chi connectivity index (χ4v) is 1.98. The lowest BCUT2D eigenvalue weighted by Gasteiger charge is -2.04. The van der Waals surface area contributed by atoms with Gasteiger partial charge in [-0.05, 0) is 35.9 Å². The van der Waals surface area contributed by atoms with Crippen molar-refractivity contribution in [1.29, 1.82) is 0 Å². The average Bonchev–Trinajstić information content (AvgIpc) is 2.92. The molecule has 0 bridgehead atoms. The highest BCUT2D eigenvalue weighted by Crippen LogP contribution is 2.13. The molecule has 0 aliphatic heterocycles. The average molecular weight is 238 g/mol. The molecule has 0 saturated heterocycles. The Bertz CT molecular complexity index is 632. The second-order valence-corrected chi connectivity index (χ2v) is 4.21. The molecule has 3 nitrogen and oxygen atoms in total. The summed E-state index contributed by atoms with van der Waals surface area (Å²) in [6.45, 7) is 1.57. The fourth-order valence-electron chi connectivity index (χ4n) is 1.98. The van der Waals surface area contributed by atoms with E-state index in [9.17, 15) is 0 Å².